The Morgan fingerprint density at radius 3 is 1.92 bits per heavy atom. The van der Waals surface area contributed by atoms with E-state index in [0.717, 1.165) is 0 Å². The predicted octanol–water partition coefficient (Wildman–Crippen LogP) is 2.53. The number of alkyl halides is 2. The van der Waals surface area contributed by atoms with Gasteiger partial charge in [0, 0.05) is 6.42 Å². The first-order valence-corrected chi connectivity index (χ1v) is 4.00. The molecule has 4 heteroatoms. The molecule has 0 atom stereocenters. The fourth-order valence-corrected chi connectivity index (χ4v) is 1.22. The molecule has 0 aliphatic rings. The van der Waals surface area contributed by atoms with Gasteiger partial charge < -0.3 is 5.11 Å². The quantitative estimate of drug-likeness (QED) is 0.705. The number of hydrogen-bond donors (Lipinski definition) is 1. The molecule has 0 spiro atoms. The highest BCUT2D eigenvalue weighted by Crippen LogP contribution is 2.33. The molecule has 1 N–H and O–H groups in total. The van der Waals surface area contributed by atoms with E-state index in [4.69, 9.17) is 5.11 Å². The number of halogens is 2. The minimum absolute atomic E-state index is 0.253. The summed E-state index contributed by atoms with van der Waals surface area (Å²) in [7, 11) is 0. The van der Waals surface area contributed by atoms with Gasteiger partial charge in [0.15, 0.2) is 0 Å². The van der Waals surface area contributed by atoms with Crippen molar-refractivity contribution >= 4 is 5.97 Å². The van der Waals surface area contributed by atoms with Gasteiger partial charge in [-0.15, -0.1) is 0 Å². The Balaban J connectivity index is 4.46. The van der Waals surface area contributed by atoms with E-state index in [1.807, 2.05) is 0 Å². The Hall–Kier alpha value is -0.670. The molecule has 0 aliphatic heterocycles. The van der Waals surface area contributed by atoms with E-state index in [-0.39, 0.29) is 12.8 Å². The first kappa shape index (κ1) is 11.3. The van der Waals surface area contributed by atoms with E-state index < -0.39 is 24.2 Å². The highest BCUT2D eigenvalue weighted by atomic mass is 19.3. The highest BCUT2D eigenvalue weighted by Gasteiger charge is 2.37. The van der Waals surface area contributed by atoms with Crippen molar-refractivity contribution in [3.8, 4) is 0 Å². The normalized spacial score (nSPS) is 12.1. The van der Waals surface area contributed by atoms with Crippen molar-refractivity contribution in [3.05, 3.63) is 0 Å². The fraction of sp³-hybridized carbons (Fsp3) is 0.875. The lowest BCUT2D eigenvalue weighted by molar-refractivity contribution is -0.152. The Labute approximate surface area is 70.6 Å². The summed E-state index contributed by atoms with van der Waals surface area (Å²) in [6.07, 6.45) is -2.58. The number of aliphatic carboxylic acids is 1. The van der Waals surface area contributed by atoms with Crippen molar-refractivity contribution in [3.63, 3.8) is 0 Å². The lowest BCUT2D eigenvalue weighted by atomic mass is 9.79. The van der Waals surface area contributed by atoms with Crippen LogP contribution in [0.1, 0.15) is 33.1 Å². The summed E-state index contributed by atoms with van der Waals surface area (Å²) < 4.78 is 24.0. The van der Waals surface area contributed by atoms with Crippen molar-refractivity contribution in [2.24, 2.45) is 5.41 Å². The minimum Gasteiger partial charge on any atom is -0.481 e. The molecule has 0 fully saturated rings. The average Bonchev–Trinajstić information content (AvgIpc) is 1.99. The maximum Gasteiger partial charge on any atom is 0.309 e. The van der Waals surface area contributed by atoms with Gasteiger partial charge in [-0.05, 0) is 12.8 Å². The molecular weight excluding hydrogens is 166 g/mol. The third kappa shape index (κ3) is 2.43. The second kappa shape index (κ2) is 4.38. The van der Waals surface area contributed by atoms with E-state index >= 15 is 0 Å². The van der Waals surface area contributed by atoms with Crippen LogP contribution in [0.25, 0.3) is 0 Å². The summed E-state index contributed by atoms with van der Waals surface area (Å²) >= 11 is 0. The molecule has 0 aliphatic carbocycles. The second-order valence-electron chi connectivity index (χ2n) is 2.89. The monoisotopic (exact) mass is 180 g/mol. The third-order valence-corrected chi connectivity index (χ3v) is 2.35. The van der Waals surface area contributed by atoms with Crippen LogP contribution in [-0.2, 0) is 4.79 Å². The Kier molecular flexibility index (Phi) is 4.13. The zero-order valence-electron chi connectivity index (χ0n) is 7.31. The van der Waals surface area contributed by atoms with Crippen LogP contribution in [0.3, 0.4) is 0 Å². The van der Waals surface area contributed by atoms with Gasteiger partial charge in [-0.25, -0.2) is 8.78 Å². The molecule has 2 nitrogen and oxygen atoms in total. The lowest BCUT2D eigenvalue weighted by Gasteiger charge is -2.25. The SMILES string of the molecule is CCC(CC)(CC(F)F)C(=O)O. The molecular formula is C8H14F2O2. The molecule has 0 aromatic carbocycles. The van der Waals surface area contributed by atoms with Gasteiger partial charge in [0.1, 0.15) is 0 Å². The highest BCUT2D eigenvalue weighted by molar-refractivity contribution is 5.74. The van der Waals surface area contributed by atoms with Crippen molar-refractivity contribution < 1.29 is 18.7 Å². The number of carboxylic acids is 1. The molecule has 0 radical (unpaired) electrons. The van der Waals surface area contributed by atoms with Gasteiger partial charge in [0.2, 0.25) is 6.43 Å². The van der Waals surface area contributed by atoms with E-state index in [2.05, 4.69) is 0 Å². The molecule has 0 saturated carbocycles. The third-order valence-electron chi connectivity index (χ3n) is 2.35. The standard InChI is InChI=1S/C8H14F2O2/c1-3-8(4-2,7(11)12)5-6(9)10/h6H,3-5H2,1-2H3,(H,11,12). The van der Waals surface area contributed by atoms with Gasteiger partial charge >= 0.3 is 5.97 Å². The summed E-state index contributed by atoms with van der Waals surface area (Å²) in [5.41, 5.74) is -1.23. The number of carboxylic acid groups (broad SMARTS) is 1. The molecule has 0 saturated heterocycles. The van der Waals surface area contributed by atoms with Crippen LogP contribution >= 0.6 is 0 Å². The maximum absolute atomic E-state index is 12.0. The van der Waals surface area contributed by atoms with Crippen LogP contribution in [0.4, 0.5) is 8.78 Å². The van der Waals surface area contributed by atoms with Gasteiger partial charge in [0.25, 0.3) is 0 Å². The first-order chi connectivity index (χ1) is 5.48. The molecule has 0 heterocycles. The molecule has 0 aromatic rings. The predicted molar refractivity (Wildman–Crippen MR) is 41.3 cm³/mol. The molecule has 72 valence electrons. The first-order valence-electron chi connectivity index (χ1n) is 4.00. The summed E-state index contributed by atoms with van der Waals surface area (Å²) in [4.78, 5) is 10.7. The van der Waals surface area contributed by atoms with E-state index in [1.54, 1.807) is 13.8 Å². The molecule has 0 bridgehead atoms. The van der Waals surface area contributed by atoms with Crippen LogP contribution in [0.5, 0.6) is 0 Å². The number of carbonyl (C=O) groups is 1. The van der Waals surface area contributed by atoms with Crippen LogP contribution in [-0.4, -0.2) is 17.5 Å². The van der Waals surface area contributed by atoms with Crippen LogP contribution in [0, 0.1) is 5.41 Å². The molecule has 12 heavy (non-hydrogen) atoms. The Bertz CT molecular complexity index is 153. The van der Waals surface area contributed by atoms with Crippen LogP contribution < -0.4 is 0 Å². The van der Waals surface area contributed by atoms with Crippen molar-refractivity contribution in [1.29, 1.82) is 0 Å². The molecule has 0 amide bonds. The van der Waals surface area contributed by atoms with Gasteiger partial charge in [-0.3, -0.25) is 4.79 Å². The summed E-state index contributed by atoms with van der Waals surface area (Å²) in [5.74, 6) is -1.12. The number of rotatable bonds is 5. The maximum atomic E-state index is 12.0. The molecule has 0 rings (SSSR count). The number of hydrogen-bond acceptors (Lipinski definition) is 1. The second-order valence-corrected chi connectivity index (χ2v) is 2.89. The largest absolute Gasteiger partial charge is 0.481 e. The average molecular weight is 180 g/mol. The lowest BCUT2D eigenvalue weighted by Crippen LogP contribution is -2.31. The van der Waals surface area contributed by atoms with Crippen LogP contribution in [0.2, 0.25) is 0 Å². The molecule has 0 unspecified atom stereocenters. The van der Waals surface area contributed by atoms with Gasteiger partial charge in [-0.1, -0.05) is 13.8 Å². The fourth-order valence-electron chi connectivity index (χ4n) is 1.22. The van der Waals surface area contributed by atoms with Crippen molar-refractivity contribution in [2.75, 3.05) is 0 Å². The summed E-state index contributed by atoms with van der Waals surface area (Å²) in [6, 6.07) is 0. The van der Waals surface area contributed by atoms with E-state index in [9.17, 15) is 13.6 Å². The van der Waals surface area contributed by atoms with Crippen molar-refractivity contribution in [1.82, 2.24) is 0 Å². The van der Waals surface area contributed by atoms with Crippen LogP contribution in [0.15, 0.2) is 0 Å². The summed E-state index contributed by atoms with van der Waals surface area (Å²) in [5, 5.41) is 8.74. The zero-order valence-corrected chi connectivity index (χ0v) is 7.31. The van der Waals surface area contributed by atoms with Gasteiger partial charge in [-0.2, -0.15) is 0 Å². The minimum atomic E-state index is -2.54. The zero-order chi connectivity index (χ0) is 9.78. The Morgan fingerprint density at radius 2 is 1.83 bits per heavy atom. The van der Waals surface area contributed by atoms with E-state index in [1.165, 1.54) is 0 Å². The van der Waals surface area contributed by atoms with Crippen molar-refractivity contribution in [2.45, 2.75) is 39.5 Å². The summed E-state index contributed by atoms with van der Waals surface area (Å²) in [6.45, 7) is 3.25. The smallest absolute Gasteiger partial charge is 0.309 e. The Morgan fingerprint density at radius 1 is 1.42 bits per heavy atom. The molecule has 0 aromatic heterocycles. The van der Waals surface area contributed by atoms with E-state index in [0.29, 0.717) is 0 Å². The van der Waals surface area contributed by atoms with Gasteiger partial charge in [0.05, 0.1) is 5.41 Å². The topological polar surface area (TPSA) is 37.3 Å².